The van der Waals surface area contributed by atoms with E-state index in [1.807, 2.05) is 6.07 Å². The molecule has 0 bridgehead atoms. The van der Waals surface area contributed by atoms with E-state index < -0.39 is 41.8 Å². The summed E-state index contributed by atoms with van der Waals surface area (Å²) in [5.74, 6) is -4.45. The fourth-order valence-corrected chi connectivity index (χ4v) is 3.68. The van der Waals surface area contributed by atoms with Crippen molar-refractivity contribution in [3.05, 3.63) is 64.6 Å². The second-order valence-electron chi connectivity index (χ2n) is 8.82. The molecule has 0 radical (unpaired) electrons. The van der Waals surface area contributed by atoms with E-state index in [2.05, 4.69) is 15.6 Å². The summed E-state index contributed by atoms with van der Waals surface area (Å²) in [6.07, 6.45) is -3.49. The summed E-state index contributed by atoms with van der Waals surface area (Å²) in [5, 5.41) is 29.9. The molecule has 0 saturated heterocycles. The maximum atomic E-state index is 14.0. The number of aryl methyl sites for hydroxylation is 2. The molecule has 1 aromatic carbocycles. The second kappa shape index (κ2) is 14.6. The van der Waals surface area contributed by atoms with Gasteiger partial charge in [-0.3, -0.25) is 9.20 Å². The fourth-order valence-electron chi connectivity index (χ4n) is 3.68. The molecule has 2 heterocycles. The van der Waals surface area contributed by atoms with Crippen LogP contribution < -0.4 is 15.4 Å². The average Bonchev–Trinajstić information content (AvgIpc) is 3.22. The monoisotopic (exact) mass is 599 g/mol. The molecular weight excluding hydrogens is 573 g/mol. The number of alkyl halides is 3. The van der Waals surface area contributed by atoms with Crippen molar-refractivity contribution in [1.29, 1.82) is 5.26 Å². The number of unbranched alkanes of at least 4 members (excludes halogenated alkanes) is 1. The van der Waals surface area contributed by atoms with Crippen molar-refractivity contribution < 1.29 is 51.3 Å². The van der Waals surface area contributed by atoms with E-state index in [1.54, 1.807) is 26.1 Å². The van der Waals surface area contributed by atoms with Gasteiger partial charge in [-0.2, -0.15) is 18.4 Å². The molecular formula is C26H26F5N5O6. The first-order valence-corrected chi connectivity index (χ1v) is 12.1. The highest BCUT2D eigenvalue weighted by atomic mass is 19.4. The Morgan fingerprint density at radius 1 is 1.17 bits per heavy atom. The Labute approximate surface area is 235 Å². The Balaban J connectivity index is 0.000000782. The zero-order valence-corrected chi connectivity index (χ0v) is 22.3. The molecule has 4 N–H and O–H groups in total. The van der Waals surface area contributed by atoms with Gasteiger partial charge in [-0.15, -0.1) is 0 Å². The van der Waals surface area contributed by atoms with Gasteiger partial charge in [-0.05, 0) is 50.5 Å². The molecule has 0 aliphatic heterocycles. The molecule has 0 aliphatic rings. The zero-order valence-electron chi connectivity index (χ0n) is 22.3. The van der Waals surface area contributed by atoms with Gasteiger partial charge in [0.05, 0.1) is 17.3 Å². The van der Waals surface area contributed by atoms with Crippen molar-refractivity contribution in [2.24, 2.45) is 0 Å². The number of carbonyl (C=O) groups excluding carboxylic acids is 1. The van der Waals surface area contributed by atoms with Gasteiger partial charge >= 0.3 is 18.2 Å². The number of carboxylic acid groups (broad SMARTS) is 2. The zero-order chi connectivity index (χ0) is 31.6. The summed E-state index contributed by atoms with van der Waals surface area (Å²) in [6.45, 7) is 3.06. The molecule has 0 fully saturated rings. The number of ether oxygens (including phenoxy) is 1. The number of nitrogens with zero attached hydrogens (tertiary/aromatic N) is 3. The molecule has 11 nitrogen and oxygen atoms in total. The van der Waals surface area contributed by atoms with Crippen molar-refractivity contribution in [3.8, 4) is 11.8 Å². The van der Waals surface area contributed by atoms with Crippen LogP contribution in [0.15, 0.2) is 30.5 Å². The van der Waals surface area contributed by atoms with Crippen molar-refractivity contribution >= 4 is 23.6 Å². The lowest BCUT2D eigenvalue weighted by atomic mass is 10.1. The van der Waals surface area contributed by atoms with E-state index >= 15 is 0 Å². The molecule has 226 valence electrons. The minimum atomic E-state index is -5.08. The number of rotatable bonds is 10. The quantitative estimate of drug-likeness (QED) is 0.195. The number of halogens is 5. The molecule has 1 unspecified atom stereocenters. The Bertz CT molecular complexity index is 1460. The number of nitrogens with one attached hydrogen (secondary N) is 2. The van der Waals surface area contributed by atoms with Crippen LogP contribution in [0.5, 0.6) is 5.75 Å². The third-order valence-corrected chi connectivity index (χ3v) is 5.57. The molecule has 0 saturated carbocycles. The van der Waals surface area contributed by atoms with Gasteiger partial charge in [0, 0.05) is 25.2 Å². The molecule has 3 rings (SSSR count). The molecule has 42 heavy (non-hydrogen) atoms. The lowest BCUT2D eigenvalue weighted by Crippen LogP contribution is -2.43. The topological polar surface area (TPSA) is 166 Å². The van der Waals surface area contributed by atoms with E-state index in [-0.39, 0.29) is 36.6 Å². The summed E-state index contributed by atoms with van der Waals surface area (Å²) < 4.78 is 67.0. The summed E-state index contributed by atoms with van der Waals surface area (Å²) in [4.78, 5) is 37.4. The molecule has 16 heteroatoms. The summed E-state index contributed by atoms with van der Waals surface area (Å²) in [6, 6.07) is 6.64. The number of carbonyl (C=O) groups is 3. The number of imidazole rings is 1. The molecule has 2 amide bonds. The number of hydrogen-bond acceptors (Lipinski definition) is 6. The Morgan fingerprint density at radius 3 is 2.33 bits per heavy atom. The number of pyridine rings is 1. The molecule has 0 spiro atoms. The lowest BCUT2D eigenvalue weighted by molar-refractivity contribution is -0.192. The largest absolute Gasteiger partial charge is 0.490 e. The van der Waals surface area contributed by atoms with E-state index in [0.29, 0.717) is 24.2 Å². The number of benzene rings is 1. The highest BCUT2D eigenvalue weighted by Crippen LogP contribution is 2.26. The van der Waals surface area contributed by atoms with Gasteiger partial charge in [0.1, 0.15) is 23.9 Å². The van der Waals surface area contributed by atoms with Gasteiger partial charge in [-0.25, -0.2) is 23.4 Å². The average molecular weight is 600 g/mol. The predicted octanol–water partition coefficient (Wildman–Crippen LogP) is 4.50. The van der Waals surface area contributed by atoms with E-state index in [0.717, 1.165) is 17.7 Å². The second-order valence-corrected chi connectivity index (χ2v) is 8.82. The van der Waals surface area contributed by atoms with Crippen LogP contribution in [-0.4, -0.2) is 56.3 Å². The number of amides is 2. The SMILES string of the molecule is Cc1cc(OCc2c(F)cccc2F)c2nc(C)c(C(=O)NCC(CCCC#N)NC(=O)O)n2c1.O=C(O)C(F)(F)F. The smallest absolute Gasteiger partial charge is 0.485 e. The highest BCUT2D eigenvalue weighted by molar-refractivity contribution is 5.95. The fraction of sp³-hybridized carbons (Fsp3) is 0.346. The summed E-state index contributed by atoms with van der Waals surface area (Å²) in [5.41, 5.74) is 1.40. The van der Waals surface area contributed by atoms with Crippen molar-refractivity contribution in [2.45, 2.75) is 51.9 Å². The van der Waals surface area contributed by atoms with Gasteiger partial charge < -0.3 is 25.6 Å². The number of aromatic nitrogens is 2. The summed E-state index contributed by atoms with van der Waals surface area (Å²) in [7, 11) is 0. The first-order valence-electron chi connectivity index (χ1n) is 12.1. The molecule has 0 aliphatic carbocycles. The predicted molar refractivity (Wildman–Crippen MR) is 136 cm³/mol. The number of nitriles is 1. The Kier molecular flexibility index (Phi) is 11.6. The van der Waals surface area contributed by atoms with Gasteiger partial charge in [-0.1, -0.05) is 6.07 Å². The maximum absolute atomic E-state index is 14.0. The first kappa shape index (κ1) is 33.3. The lowest BCUT2D eigenvalue weighted by Gasteiger charge is -2.17. The van der Waals surface area contributed by atoms with Crippen LogP contribution in [0.2, 0.25) is 0 Å². The number of carboxylic acids is 1. The van der Waals surface area contributed by atoms with Crippen LogP contribution in [0.4, 0.5) is 26.7 Å². The van der Waals surface area contributed by atoms with Crippen molar-refractivity contribution in [1.82, 2.24) is 20.0 Å². The minimum absolute atomic E-state index is 0.0188. The molecule has 3 aromatic rings. The number of aliphatic carboxylic acids is 1. The van der Waals surface area contributed by atoms with Crippen LogP contribution in [0.25, 0.3) is 5.65 Å². The van der Waals surface area contributed by atoms with Crippen LogP contribution in [0, 0.1) is 36.8 Å². The maximum Gasteiger partial charge on any atom is 0.490 e. The summed E-state index contributed by atoms with van der Waals surface area (Å²) >= 11 is 0. The van der Waals surface area contributed by atoms with Crippen LogP contribution in [-0.2, 0) is 11.4 Å². The molecule has 2 aromatic heterocycles. The normalized spacial score (nSPS) is 11.6. The minimum Gasteiger partial charge on any atom is -0.485 e. The number of hydrogen-bond donors (Lipinski definition) is 4. The Hall–Kier alpha value is -4.94. The third kappa shape index (κ3) is 9.32. The van der Waals surface area contributed by atoms with Crippen LogP contribution >= 0.6 is 0 Å². The Morgan fingerprint density at radius 2 is 1.79 bits per heavy atom. The van der Waals surface area contributed by atoms with E-state index in [9.17, 15) is 31.5 Å². The van der Waals surface area contributed by atoms with E-state index in [1.165, 1.54) is 10.5 Å². The van der Waals surface area contributed by atoms with Crippen molar-refractivity contribution in [3.63, 3.8) is 0 Å². The van der Waals surface area contributed by atoms with Gasteiger partial charge in [0.2, 0.25) is 0 Å². The third-order valence-electron chi connectivity index (χ3n) is 5.57. The first-order chi connectivity index (χ1) is 19.6. The molecule has 1 atom stereocenters. The van der Waals surface area contributed by atoms with E-state index in [4.69, 9.17) is 25.0 Å². The van der Waals surface area contributed by atoms with Crippen LogP contribution in [0.1, 0.15) is 46.6 Å². The van der Waals surface area contributed by atoms with Gasteiger partial charge in [0.15, 0.2) is 11.4 Å². The van der Waals surface area contributed by atoms with Crippen molar-refractivity contribution in [2.75, 3.05) is 6.54 Å². The number of fused-ring (bicyclic) bond motifs is 1. The van der Waals surface area contributed by atoms with Gasteiger partial charge in [0.25, 0.3) is 5.91 Å². The van der Waals surface area contributed by atoms with Crippen LogP contribution in [0.3, 0.4) is 0 Å². The highest BCUT2D eigenvalue weighted by Gasteiger charge is 2.38. The standard InChI is InChI=1S/C24H25F2N5O4.C2HF3O2/c1-14-10-20(35-13-17-18(25)7-5-8-19(17)26)22-29-15(2)21(31(22)12-14)23(32)28-11-16(30-24(33)34)6-3-4-9-27;3-2(4,5)1(6)7/h5,7-8,10,12,16,30H,3-4,6,11,13H2,1-2H3,(H,28,32)(H,33,34);(H,6,7).